The van der Waals surface area contributed by atoms with Crippen molar-refractivity contribution in [3.05, 3.63) is 98.9 Å². The summed E-state index contributed by atoms with van der Waals surface area (Å²) in [7, 11) is 0. The van der Waals surface area contributed by atoms with Gasteiger partial charge in [0.05, 0.1) is 26.7 Å². The van der Waals surface area contributed by atoms with Crippen LogP contribution < -0.4 is 10.1 Å². The van der Waals surface area contributed by atoms with Crippen LogP contribution >= 0.6 is 47.2 Å². The molecule has 3 aromatic carbocycles. The second-order valence-corrected chi connectivity index (χ2v) is 10.1. The molecule has 0 unspecified atom stereocenters. The molecule has 2 amide bonds. The average Bonchev–Trinajstić information content (AvgIpc) is 3.12. The van der Waals surface area contributed by atoms with Crippen LogP contribution in [0.4, 0.5) is 5.69 Å². The number of carbonyl (C=O) groups is 2. The second kappa shape index (κ2) is 11.3. The van der Waals surface area contributed by atoms with Crippen LogP contribution in [0.25, 0.3) is 6.08 Å². The molecule has 0 bridgehead atoms. The molecule has 1 aliphatic rings. The molecule has 1 fully saturated rings. The largest absolute Gasteiger partial charge is 0.482 e. The lowest BCUT2D eigenvalue weighted by molar-refractivity contribution is -0.123. The monoisotopic (exact) mass is 542 g/mol. The minimum Gasteiger partial charge on any atom is -0.482 e. The number of carbonyl (C=O) groups excluding carboxylic acids is 2. The molecule has 1 atom stereocenters. The number of nitrogens with zero attached hydrogens (tertiary/aromatic N) is 1. The summed E-state index contributed by atoms with van der Waals surface area (Å²) >= 11 is 19.2. The zero-order valence-electron chi connectivity index (χ0n) is 18.5. The Morgan fingerprint density at radius 1 is 1.09 bits per heavy atom. The van der Waals surface area contributed by atoms with E-state index in [1.807, 2.05) is 37.3 Å². The van der Waals surface area contributed by atoms with Gasteiger partial charge in [0, 0.05) is 0 Å². The number of nitrogens with one attached hydrogen (secondary N) is 1. The molecule has 0 radical (unpaired) electrons. The Kier molecular flexibility index (Phi) is 8.13. The van der Waals surface area contributed by atoms with Crippen LogP contribution in [0, 0.1) is 0 Å². The van der Waals surface area contributed by atoms with E-state index < -0.39 is 0 Å². The maximum absolute atomic E-state index is 13.1. The molecule has 1 aliphatic heterocycles. The van der Waals surface area contributed by atoms with Crippen LogP contribution in [-0.2, 0) is 9.59 Å². The number of hydrogen-bond acceptors (Lipinski definition) is 5. The summed E-state index contributed by atoms with van der Waals surface area (Å²) in [5.74, 6) is -0.165. The molecule has 178 valence electrons. The van der Waals surface area contributed by atoms with E-state index in [1.165, 1.54) is 11.8 Å². The van der Waals surface area contributed by atoms with E-state index >= 15 is 0 Å². The predicted octanol–water partition coefficient (Wildman–Crippen LogP) is 6.97. The predicted molar refractivity (Wildman–Crippen MR) is 147 cm³/mol. The van der Waals surface area contributed by atoms with Gasteiger partial charge in [0.25, 0.3) is 11.8 Å². The summed E-state index contributed by atoms with van der Waals surface area (Å²) in [5, 5.41) is 3.44. The van der Waals surface area contributed by atoms with E-state index in [0.717, 1.165) is 11.1 Å². The van der Waals surface area contributed by atoms with E-state index in [9.17, 15) is 9.59 Å². The Morgan fingerprint density at radius 2 is 1.80 bits per heavy atom. The molecule has 9 heteroatoms. The Morgan fingerprint density at radius 3 is 2.51 bits per heavy atom. The van der Waals surface area contributed by atoms with Crippen molar-refractivity contribution in [2.24, 2.45) is 0 Å². The first-order valence-corrected chi connectivity index (χ1v) is 12.6. The Balaban J connectivity index is 1.41. The van der Waals surface area contributed by atoms with Gasteiger partial charge in [-0.2, -0.15) is 0 Å². The summed E-state index contributed by atoms with van der Waals surface area (Å²) in [6, 6.07) is 21.6. The van der Waals surface area contributed by atoms with E-state index in [2.05, 4.69) is 5.32 Å². The normalized spacial score (nSPS) is 15.4. The first-order chi connectivity index (χ1) is 16.8. The van der Waals surface area contributed by atoms with Crippen LogP contribution in [0.2, 0.25) is 10.0 Å². The SMILES string of the molecule is C[C@H](c1ccccc1)N1C(=O)/C(=C/c2ccc(OCC(=O)Nc3ccccc3Cl)c(Cl)c2)SC1=S. The van der Waals surface area contributed by atoms with E-state index in [-0.39, 0.29) is 24.5 Å². The minimum atomic E-state index is -0.366. The highest BCUT2D eigenvalue weighted by Crippen LogP contribution is 2.38. The van der Waals surface area contributed by atoms with Gasteiger partial charge in [0.2, 0.25) is 0 Å². The quantitative estimate of drug-likeness (QED) is 0.258. The molecule has 5 nitrogen and oxygen atoms in total. The fourth-order valence-corrected chi connectivity index (χ4v) is 5.31. The standard InChI is InChI=1S/C26H20Cl2N2O3S2/c1-16(18-7-3-2-4-8-18)30-25(32)23(35-26(30)34)14-17-11-12-22(20(28)13-17)33-15-24(31)29-21-10-6-5-9-19(21)27/h2-14,16H,15H2,1H3,(H,29,31)/b23-14-/t16-/m1/s1. The van der Waals surface area contributed by atoms with Gasteiger partial charge in [-0.25, -0.2) is 0 Å². The highest BCUT2D eigenvalue weighted by molar-refractivity contribution is 8.26. The van der Waals surface area contributed by atoms with Crippen LogP contribution in [0.15, 0.2) is 77.7 Å². The molecule has 0 spiro atoms. The molecule has 0 aromatic heterocycles. The van der Waals surface area contributed by atoms with Gasteiger partial charge in [-0.3, -0.25) is 14.5 Å². The van der Waals surface area contributed by atoms with Gasteiger partial charge in [-0.15, -0.1) is 0 Å². The van der Waals surface area contributed by atoms with E-state index in [4.69, 9.17) is 40.2 Å². The number of halogens is 2. The van der Waals surface area contributed by atoms with Crippen molar-refractivity contribution >= 4 is 75.1 Å². The zero-order chi connectivity index (χ0) is 24.9. The summed E-state index contributed by atoms with van der Waals surface area (Å²) in [4.78, 5) is 27.4. The smallest absolute Gasteiger partial charge is 0.266 e. The number of ether oxygens (including phenoxy) is 1. The zero-order valence-corrected chi connectivity index (χ0v) is 21.7. The van der Waals surface area contributed by atoms with Crippen LogP contribution in [0.5, 0.6) is 5.75 Å². The molecule has 1 heterocycles. The van der Waals surface area contributed by atoms with Gasteiger partial charge in [0.15, 0.2) is 6.61 Å². The maximum Gasteiger partial charge on any atom is 0.266 e. The molecule has 3 aromatic rings. The third kappa shape index (κ3) is 6.05. The summed E-state index contributed by atoms with van der Waals surface area (Å²) < 4.78 is 6.07. The molecular formula is C26H20Cl2N2O3S2. The van der Waals surface area contributed by atoms with Crippen molar-refractivity contribution in [1.29, 1.82) is 0 Å². The second-order valence-electron chi connectivity index (χ2n) is 7.64. The lowest BCUT2D eigenvalue weighted by atomic mass is 10.1. The Hall–Kier alpha value is -2.84. The first-order valence-electron chi connectivity index (χ1n) is 10.6. The lowest BCUT2D eigenvalue weighted by Crippen LogP contribution is -2.30. The number of para-hydroxylation sites is 1. The van der Waals surface area contributed by atoms with Crippen LogP contribution in [0.3, 0.4) is 0 Å². The highest BCUT2D eigenvalue weighted by atomic mass is 35.5. The third-order valence-electron chi connectivity index (χ3n) is 5.25. The molecular weight excluding hydrogens is 523 g/mol. The number of thioether (sulfide) groups is 1. The average molecular weight is 543 g/mol. The Bertz CT molecular complexity index is 1310. The van der Waals surface area contributed by atoms with Crippen molar-refractivity contribution in [3.8, 4) is 5.75 Å². The van der Waals surface area contributed by atoms with Crippen molar-refractivity contribution < 1.29 is 14.3 Å². The number of benzene rings is 3. The minimum absolute atomic E-state index is 0.149. The van der Waals surface area contributed by atoms with E-state index in [0.29, 0.717) is 30.7 Å². The summed E-state index contributed by atoms with van der Waals surface area (Å²) in [5.41, 5.74) is 2.23. The van der Waals surface area contributed by atoms with Crippen molar-refractivity contribution in [2.45, 2.75) is 13.0 Å². The van der Waals surface area contributed by atoms with Gasteiger partial charge in [-0.1, -0.05) is 95.7 Å². The fourth-order valence-electron chi connectivity index (χ4n) is 3.46. The van der Waals surface area contributed by atoms with Gasteiger partial charge in [-0.05, 0) is 48.4 Å². The van der Waals surface area contributed by atoms with Crippen molar-refractivity contribution in [2.75, 3.05) is 11.9 Å². The fraction of sp³-hybridized carbons (Fsp3) is 0.115. The van der Waals surface area contributed by atoms with Crippen molar-refractivity contribution in [3.63, 3.8) is 0 Å². The Labute approximate surface area is 223 Å². The van der Waals surface area contributed by atoms with Gasteiger partial charge in [0.1, 0.15) is 10.1 Å². The van der Waals surface area contributed by atoms with Crippen molar-refractivity contribution in [1.82, 2.24) is 4.90 Å². The molecule has 1 saturated heterocycles. The number of amides is 2. The number of thiocarbonyl (C=S) groups is 1. The molecule has 4 rings (SSSR count). The molecule has 0 aliphatic carbocycles. The molecule has 1 N–H and O–H groups in total. The maximum atomic E-state index is 13.1. The molecule has 0 saturated carbocycles. The third-order valence-corrected chi connectivity index (χ3v) is 7.21. The van der Waals surface area contributed by atoms with Gasteiger partial charge >= 0.3 is 0 Å². The molecule has 35 heavy (non-hydrogen) atoms. The van der Waals surface area contributed by atoms with E-state index in [1.54, 1.807) is 53.4 Å². The number of anilines is 1. The highest BCUT2D eigenvalue weighted by Gasteiger charge is 2.35. The lowest BCUT2D eigenvalue weighted by Gasteiger charge is -2.23. The van der Waals surface area contributed by atoms with Gasteiger partial charge < -0.3 is 10.1 Å². The van der Waals surface area contributed by atoms with Crippen LogP contribution in [-0.4, -0.2) is 27.6 Å². The van der Waals surface area contributed by atoms with Crippen LogP contribution in [0.1, 0.15) is 24.1 Å². The number of hydrogen-bond donors (Lipinski definition) is 1. The summed E-state index contributed by atoms with van der Waals surface area (Å²) in [6.07, 6.45) is 1.75. The first kappa shape index (κ1) is 25.3. The summed E-state index contributed by atoms with van der Waals surface area (Å²) in [6.45, 7) is 1.72. The number of rotatable bonds is 7. The topological polar surface area (TPSA) is 58.6 Å².